The van der Waals surface area contributed by atoms with Crippen molar-refractivity contribution in [3.8, 4) is 5.75 Å². The third kappa shape index (κ3) is 1.95. The molecule has 0 saturated heterocycles. The Kier molecular flexibility index (Phi) is 2.72. The Morgan fingerprint density at radius 2 is 1.88 bits per heavy atom. The Labute approximate surface area is 93.1 Å². The van der Waals surface area contributed by atoms with Crippen molar-refractivity contribution < 1.29 is 14.3 Å². The van der Waals surface area contributed by atoms with E-state index in [0.29, 0.717) is 5.75 Å². The smallest absolute Gasteiger partial charge is 0.253 e. The number of hydrogen-bond donors (Lipinski definition) is 0. The molecule has 4 heteroatoms. The van der Waals surface area contributed by atoms with Gasteiger partial charge in [-0.2, -0.15) is 0 Å². The van der Waals surface area contributed by atoms with E-state index in [0.717, 1.165) is 5.56 Å². The lowest BCUT2D eigenvalue weighted by Crippen LogP contribution is -2.29. The minimum absolute atomic E-state index is 0.271. The van der Waals surface area contributed by atoms with Crippen LogP contribution in [0.25, 0.3) is 0 Å². The van der Waals surface area contributed by atoms with Gasteiger partial charge < -0.3 is 4.74 Å². The fourth-order valence-electron chi connectivity index (χ4n) is 1.54. The second kappa shape index (κ2) is 4.18. The van der Waals surface area contributed by atoms with Gasteiger partial charge in [0.05, 0.1) is 13.7 Å². The maximum absolute atomic E-state index is 11.3. The van der Waals surface area contributed by atoms with Crippen molar-refractivity contribution in [3.05, 3.63) is 42.0 Å². The van der Waals surface area contributed by atoms with E-state index in [-0.39, 0.29) is 18.4 Å². The molecule has 0 atom stereocenters. The number of carbonyl (C=O) groups is 2. The highest BCUT2D eigenvalue weighted by molar-refractivity contribution is 6.12. The maximum atomic E-state index is 11.3. The zero-order chi connectivity index (χ0) is 11.5. The molecular formula is C12H11NO3. The van der Waals surface area contributed by atoms with Crippen molar-refractivity contribution in [3.63, 3.8) is 0 Å². The first-order valence-electron chi connectivity index (χ1n) is 4.87. The second-order valence-electron chi connectivity index (χ2n) is 3.45. The fraction of sp³-hybridized carbons (Fsp3) is 0.167. The second-order valence-corrected chi connectivity index (χ2v) is 3.45. The van der Waals surface area contributed by atoms with Gasteiger partial charge in [0.15, 0.2) is 0 Å². The average molecular weight is 217 g/mol. The summed E-state index contributed by atoms with van der Waals surface area (Å²) in [5, 5.41) is 0. The van der Waals surface area contributed by atoms with E-state index < -0.39 is 0 Å². The molecule has 1 aromatic rings. The number of amides is 2. The minimum atomic E-state index is -0.271. The summed E-state index contributed by atoms with van der Waals surface area (Å²) >= 11 is 0. The number of methoxy groups -OCH3 is 1. The highest BCUT2D eigenvalue weighted by Gasteiger charge is 2.23. The van der Waals surface area contributed by atoms with E-state index in [1.807, 2.05) is 18.2 Å². The molecule has 1 heterocycles. The molecule has 0 fully saturated rings. The van der Waals surface area contributed by atoms with Crippen molar-refractivity contribution in [2.45, 2.75) is 6.54 Å². The van der Waals surface area contributed by atoms with Gasteiger partial charge in [0, 0.05) is 12.2 Å². The van der Waals surface area contributed by atoms with E-state index >= 15 is 0 Å². The van der Waals surface area contributed by atoms with Crippen LogP contribution < -0.4 is 4.74 Å². The summed E-state index contributed by atoms with van der Waals surface area (Å²) in [6.07, 6.45) is 2.56. The molecule has 2 rings (SSSR count). The highest BCUT2D eigenvalue weighted by Crippen LogP contribution is 2.16. The van der Waals surface area contributed by atoms with E-state index in [9.17, 15) is 9.59 Å². The average Bonchev–Trinajstić information content (AvgIpc) is 2.61. The quantitative estimate of drug-likeness (QED) is 0.713. The molecule has 0 N–H and O–H groups in total. The van der Waals surface area contributed by atoms with Crippen molar-refractivity contribution in [2.24, 2.45) is 0 Å². The zero-order valence-electron chi connectivity index (χ0n) is 8.84. The van der Waals surface area contributed by atoms with Crippen LogP contribution in [0, 0.1) is 0 Å². The summed E-state index contributed by atoms with van der Waals surface area (Å²) in [5.41, 5.74) is 0.866. The lowest BCUT2D eigenvalue weighted by atomic mass is 10.2. The van der Waals surface area contributed by atoms with Crippen LogP contribution in [0.5, 0.6) is 5.75 Å². The molecule has 4 nitrogen and oxygen atoms in total. The predicted molar refractivity (Wildman–Crippen MR) is 57.7 cm³/mol. The van der Waals surface area contributed by atoms with Gasteiger partial charge in [-0.05, 0) is 17.7 Å². The zero-order valence-corrected chi connectivity index (χ0v) is 8.84. The van der Waals surface area contributed by atoms with Crippen LogP contribution >= 0.6 is 0 Å². The van der Waals surface area contributed by atoms with Gasteiger partial charge in [0.1, 0.15) is 5.75 Å². The Bertz CT molecular complexity index is 447. The molecule has 0 unspecified atom stereocenters. The summed E-state index contributed by atoms with van der Waals surface area (Å²) in [4.78, 5) is 23.9. The molecule has 1 aliphatic rings. The summed E-state index contributed by atoms with van der Waals surface area (Å²) in [5.74, 6) is 0.171. The number of ether oxygens (including phenoxy) is 1. The van der Waals surface area contributed by atoms with E-state index in [1.54, 1.807) is 13.2 Å². The molecular weight excluding hydrogens is 206 g/mol. The van der Waals surface area contributed by atoms with Crippen molar-refractivity contribution in [1.29, 1.82) is 0 Å². The third-order valence-electron chi connectivity index (χ3n) is 2.38. The number of carbonyl (C=O) groups excluding carboxylic acids is 2. The molecule has 0 bridgehead atoms. The minimum Gasteiger partial charge on any atom is -0.497 e. The normalized spacial score (nSPS) is 14.7. The molecule has 82 valence electrons. The largest absolute Gasteiger partial charge is 0.497 e. The van der Waals surface area contributed by atoms with Crippen LogP contribution in [0.1, 0.15) is 5.56 Å². The van der Waals surface area contributed by atoms with Crippen LogP contribution in [0.15, 0.2) is 36.4 Å². The lowest BCUT2D eigenvalue weighted by molar-refractivity contribution is -0.137. The van der Waals surface area contributed by atoms with Crippen LogP contribution in [0.4, 0.5) is 0 Å². The molecule has 0 radical (unpaired) electrons. The van der Waals surface area contributed by atoms with Crippen LogP contribution in [-0.4, -0.2) is 23.8 Å². The van der Waals surface area contributed by atoms with Crippen molar-refractivity contribution >= 4 is 11.8 Å². The van der Waals surface area contributed by atoms with Gasteiger partial charge >= 0.3 is 0 Å². The lowest BCUT2D eigenvalue weighted by Gasteiger charge is -2.14. The first-order valence-corrected chi connectivity index (χ1v) is 4.87. The fourth-order valence-corrected chi connectivity index (χ4v) is 1.54. The molecule has 16 heavy (non-hydrogen) atoms. The topological polar surface area (TPSA) is 46.6 Å². The molecule has 2 amide bonds. The first kappa shape index (κ1) is 10.4. The number of hydrogen-bond acceptors (Lipinski definition) is 3. The number of nitrogens with zero attached hydrogens (tertiary/aromatic N) is 1. The Hall–Kier alpha value is -2.10. The van der Waals surface area contributed by atoms with Crippen LogP contribution in [0.3, 0.4) is 0 Å². The number of benzene rings is 1. The van der Waals surface area contributed by atoms with Crippen LogP contribution in [-0.2, 0) is 16.1 Å². The Balaban J connectivity index is 2.15. The monoisotopic (exact) mass is 217 g/mol. The van der Waals surface area contributed by atoms with Gasteiger partial charge in [-0.15, -0.1) is 0 Å². The Morgan fingerprint density at radius 1 is 1.19 bits per heavy atom. The molecule has 0 aromatic heterocycles. The summed E-state index contributed by atoms with van der Waals surface area (Å²) < 4.78 is 5.07. The number of rotatable bonds is 3. The van der Waals surface area contributed by atoms with Gasteiger partial charge in [-0.1, -0.05) is 12.1 Å². The molecule has 1 aromatic carbocycles. The molecule has 0 spiro atoms. The van der Waals surface area contributed by atoms with Crippen molar-refractivity contribution in [1.82, 2.24) is 4.90 Å². The summed E-state index contributed by atoms with van der Waals surface area (Å²) in [6, 6.07) is 7.29. The van der Waals surface area contributed by atoms with Gasteiger partial charge in [0.2, 0.25) is 0 Å². The number of imide groups is 1. The van der Waals surface area contributed by atoms with E-state index in [2.05, 4.69) is 0 Å². The molecule has 1 aliphatic heterocycles. The highest BCUT2D eigenvalue weighted by atomic mass is 16.5. The predicted octanol–water partition coefficient (Wildman–Crippen LogP) is 1.12. The standard InChI is InChI=1S/C12H11NO3/c1-16-10-4-2-3-9(7-10)8-13-11(14)5-6-12(13)15/h2-7H,8H2,1H3. The summed E-state index contributed by atoms with van der Waals surface area (Å²) in [6.45, 7) is 0.280. The van der Waals surface area contributed by atoms with Gasteiger partial charge in [-0.3, -0.25) is 14.5 Å². The van der Waals surface area contributed by atoms with E-state index in [4.69, 9.17) is 4.74 Å². The van der Waals surface area contributed by atoms with Crippen molar-refractivity contribution in [2.75, 3.05) is 7.11 Å². The summed E-state index contributed by atoms with van der Waals surface area (Å²) in [7, 11) is 1.58. The van der Waals surface area contributed by atoms with Gasteiger partial charge in [-0.25, -0.2) is 0 Å². The Morgan fingerprint density at radius 3 is 2.50 bits per heavy atom. The SMILES string of the molecule is COc1cccc(CN2C(=O)C=CC2=O)c1. The first-order chi connectivity index (χ1) is 7.70. The maximum Gasteiger partial charge on any atom is 0.253 e. The van der Waals surface area contributed by atoms with E-state index in [1.165, 1.54) is 17.1 Å². The van der Waals surface area contributed by atoms with Gasteiger partial charge in [0.25, 0.3) is 11.8 Å². The molecule has 0 aliphatic carbocycles. The molecule has 0 saturated carbocycles. The van der Waals surface area contributed by atoms with Crippen LogP contribution in [0.2, 0.25) is 0 Å². The third-order valence-corrected chi connectivity index (χ3v) is 2.38.